The highest BCUT2D eigenvalue weighted by atomic mass is 35.5. The lowest BCUT2D eigenvalue weighted by Crippen LogP contribution is -1.96. The van der Waals surface area contributed by atoms with Crippen LogP contribution < -0.4 is 4.74 Å². The molecular formula is C13H11ClO2. The van der Waals surface area contributed by atoms with Crippen LogP contribution in [0.15, 0.2) is 48.5 Å². The molecular weight excluding hydrogens is 224 g/mol. The molecule has 0 aliphatic heterocycles. The number of ether oxygens (including phenoxy) is 1. The van der Waals surface area contributed by atoms with Crippen molar-refractivity contribution < 1.29 is 9.84 Å². The van der Waals surface area contributed by atoms with Gasteiger partial charge < -0.3 is 9.84 Å². The maximum atomic E-state index is 9.50. The standard InChI is InChI=1S/C13H11ClO2/c14-11-6-2-1-5-10(11)9-16-13-8-4-3-7-12(13)15/h1-8,15H,9H2. The molecule has 0 bridgehead atoms. The van der Waals surface area contributed by atoms with E-state index in [1.807, 2.05) is 30.3 Å². The molecule has 16 heavy (non-hydrogen) atoms. The summed E-state index contributed by atoms with van der Waals surface area (Å²) in [4.78, 5) is 0. The topological polar surface area (TPSA) is 29.5 Å². The minimum atomic E-state index is 0.134. The fraction of sp³-hybridized carbons (Fsp3) is 0.0769. The lowest BCUT2D eigenvalue weighted by Gasteiger charge is -2.08. The van der Waals surface area contributed by atoms with Crippen molar-refractivity contribution >= 4 is 11.6 Å². The Balaban J connectivity index is 2.09. The van der Waals surface area contributed by atoms with E-state index in [-0.39, 0.29) is 5.75 Å². The summed E-state index contributed by atoms with van der Waals surface area (Å²) < 4.78 is 5.47. The molecule has 3 heteroatoms. The molecule has 2 aromatic carbocycles. The van der Waals surface area contributed by atoms with Crippen molar-refractivity contribution in [3.63, 3.8) is 0 Å². The lowest BCUT2D eigenvalue weighted by atomic mass is 10.2. The van der Waals surface area contributed by atoms with E-state index in [9.17, 15) is 5.11 Å². The Kier molecular flexibility index (Phi) is 3.32. The molecule has 2 rings (SSSR count). The maximum absolute atomic E-state index is 9.50. The zero-order chi connectivity index (χ0) is 11.4. The van der Waals surface area contributed by atoms with E-state index >= 15 is 0 Å². The Morgan fingerprint density at radius 1 is 1.00 bits per heavy atom. The SMILES string of the molecule is Oc1ccccc1OCc1ccccc1Cl. The Morgan fingerprint density at radius 3 is 2.44 bits per heavy atom. The number of rotatable bonds is 3. The van der Waals surface area contributed by atoms with Crippen LogP contribution in [-0.2, 0) is 6.61 Å². The monoisotopic (exact) mass is 234 g/mol. The van der Waals surface area contributed by atoms with Gasteiger partial charge in [0.2, 0.25) is 0 Å². The van der Waals surface area contributed by atoms with Crippen LogP contribution in [0.2, 0.25) is 5.02 Å². The van der Waals surface area contributed by atoms with E-state index in [0.29, 0.717) is 17.4 Å². The van der Waals surface area contributed by atoms with Crippen LogP contribution in [-0.4, -0.2) is 5.11 Å². The van der Waals surface area contributed by atoms with Crippen molar-refractivity contribution in [1.82, 2.24) is 0 Å². The number of phenolic OH excluding ortho intramolecular Hbond substituents is 1. The molecule has 0 aromatic heterocycles. The first-order chi connectivity index (χ1) is 7.77. The van der Waals surface area contributed by atoms with Crippen LogP contribution in [0, 0.1) is 0 Å². The highest BCUT2D eigenvalue weighted by molar-refractivity contribution is 6.31. The molecule has 0 radical (unpaired) electrons. The molecule has 0 saturated carbocycles. The summed E-state index contributed by atoms with van der Waals surface area (Å²) >= 11 is 5.99. The Morgan fingerprint density at radius 2 is 1.69 bits per heavy atom. The molecule has 0 fully saturated rings. The number of aromatic hydroxyl groups is 1. The number of para-hydroxylation sites is 2. The van der Waals surface area contributed by atoms with Gasteiger partial charge in [0.15, 0.2) is 11.5 Å². The van der Waals surface area contributed by atoms with E-state index in [0.717, 1.165) is 5.56 Å². The summed E-state index contributed by atoms with van der Waals surface area (Å²) in [6.45, 7) is 0.344. The van der Waals surface area contributed by atoms with Crippen molar-refractivity contribution in [2.24, 2.45) is 0 Å². The van der Waals surface area contributed by atoms with Crippen molar-refractivity contribution in [2.75, 3.05) is 0 Å². The van der Waals surface area contributed by atoms with Crippen LogP contribution >= 0.6 is 11.6 Å². The zero-order valence-electron chi connectivity index (χ0n) is 8.56. The molecule has 1 N–H and O–H groups in total. The summed E-state index contributed by atoms with van der Waals surface area (Å²) in [5.41, 5.74) is 0.896. The Labute approximate surface area is 99.1 Å². The van der Waals surface area contributed by atoms with E-state index < -0.39 is 0 Å². The van der Waals surface area contributed by atoms with Gasteiger partial charge in [-0.05, 0) is 18.2 Å². The second-order valence-corrected chi connectivity index (χ2v) is 3.76. The normalized spacial score (nSPS) is 10.1. The van der Waals surface area contributed by atoms with Gasteiger partial charge in [0.05, 0.1) is 0 Å². The van der Waals surface area contributed by atoms with Crippen molar-refractivity contribution in [3.05, 3.63) is 59.1 Å². The van der Waals surface area contributed by atoms with Crippen LogP contribution in [0.3, 0.4) is 0 Å². The molecule has 0 unspecified atom stereocenters. The van der Waals surface area contributed by atoms with E-state index in [2.05, 4.69) is 0 Å². The second-order valence-electron chi connectivity index (χ2n) is 3.35. The molecule has 2 aromatic rings. The minimum Gasteiger partial charge on any atom is -0.504 e. The van der Waals surface area contributed by atoms with Crippen LogP contribution in [0.25, 0.3) is 0 Å². The van der Waals surface area contributed by atoms with Crippen molar-refractivity contribution in [2.45, 2.75) is 6.61 Å². The third-order valence-electron chi connectivity index (χ3n) is 2.21. The number of hydrogen-bond acceptors (Lipinski definition) is 2. The largest absolute Gasteiger partial charge is 0.504 e. The first-order valence-electron chi connectivity index (χ1n) is 4.91. The molecule has 0 atom stereocenters. The molecule has 0 aliphatic carbocycles. The lowest BCUT2D eigenvalue weighted by molar-refractivity contribution is 0.289. The van der Waals surface area contributed by atoms with Gasteiger partial charge in [0.25, 0.3) is 0 Å². The van der Waals surface area contributed by atoms with E-state index in [1.165, 1.54) is 0 Å². The minimum absolute atomic E-state index is 0.134. The highest BCUT2D eigenvalue weighted by Crippen LogP contribution is 2.26. The molecule has 0 saturated heterocycles. The smallest absolute Gasteiger partial charge is 0.161 e. The predicted molar refractivity (Wildman–Crippen MR) is 63.9 cm³/mol. The first-order valence-corrected chi connectivity index (χ1v) is 5.29. The molecule has 0 aliphatic rings. The molecule has 0 amide bonds. The van der Waals surface area contributed by atoms with Gasteiger partial charge in [-0.1, -0.05) is 41.9 Å². The van der Waals surface area contributed by atoms with Gasteiger partial charge in [-0.15, -0.1) is 0 Å². The Hall–Kier alpha value is -1.67. The van der Waals surface area contributed by atoms with E-state index in [1.54, 1.807) is 18.2 Å². The zero-order valence-corrected chi connectivity index (χ0v) is 9.32. The fourth-order valence-electron chi connectivity index (χ4n) is 1.35. The Bertz CT molecular complexity index is 437. The second kappa shape index (κ2) is 4.90. The van der Waals surface area contributed by atoms with Crippen molar-refractivity contribution in [3.8, 4) is 11.5 Å². The summed E-state index contributed by atoms with van der Waals surface area (Å²) in [5.74, 6) is 0.594. The third kappa shape index (κ3) is 2.47. The highest BCUT2D eigenvalue weighted by Gasteiger charge is 2.03. The number of halogens is 1. The molecule has 82 valence electrons. The van der Waals surface area contributed by atoms with E-state index in [4.69, 9.17) is 16.3 Å². The molecule has 0 heterocycles. The molecule has 0 spiro atoms. The fourth-order valence-corrected chi connectivity index (χ4v) is 1.54. The number of benzene rings is 2. The van der Waals surface area contributed by atoms with Gasteiger partial charge in [0, 0.05) is 10.6 Å². The first kappa shape index (κ1) is 10.8. The average molecular weight is 235 g/mol. The summed E-state index contributed by atoms with van der Waals surface area (Å²) in [5, 5.41) is 10.2. The van der Waals surface area contributed by atoms with Crippen molar-refractivity contribution in [1.29, 1.82) is 0 Å². The van der Waals surface area contributed by atoms with Crippen LogP contribution in [0.4, 0.5) is 0 Å². The number of phenols is 1. The van der Waals surface area contributed by atoms with Gasteiger partial charge >= 0.3 is 0 Å². The number of hydrogen-bond donors (Lipinski definition) is 1. The van der Waals surface area contributed by atoms with Gasteiger partial charge in [-0.3, -0.25) is 0 Å². The summed E-state index contributed by atoms with van der Waals surface area (Å²) in [6.07, 6.45) is 0. The molecule has 2 nitrogen and oxygen atoms in total. The average Bonchev–Trinajstić information content (AvgIpc) is 2.30. The quantitative estimate of drug-likeness (QED) is 0.879. The summed E-state index contributed by atoms with van der Waals surface area (Å²) in [7, 11) is 0. The predicted octanol–water partition coefficient (Wildman–Crippen LogP) is 3.62. The van der Waals surface area contributed by atoms with Gasteiger partial charge in [0.1, 0.15) is 6.61 Å². The van der Waals surface area contributed by atoms with Gasteiger partial charge in [-0.2, -0.15) is 0 Å². The van der Waals surface area contributed by atoms with Gasteiger partial charge in [-0.25, -0.2) is 0 Å². The summed E-state index contributed by atoms with van der Waals surface area (Å²) in [6, 6.07) is 14.3. The maximum Gasteiger partial charge on any atom is 0.161 e. The van der Waals surface area contributed by atoms with Crippen LogP contribution in [0.1, 0.15) is 5.56 Å². The van der Waals surface area contributed by atoms with Crippen LogP contribution in [0.5, 0.6) is 11.5 Å². The third-order valence-corrected chi connectivity index (χ3v) is 2.57.